The first kappa shape index (κ1) is 10.9. The fourth-order valence-corrected chi connectivity index (χ4v) is 2.20. The summed E-state index contributed by atoms with van der Waals surface area (Å²) in [5.74, 6) is 0.199. The lowest BCUT2D eigenvalue weighted by Gasteiger charge is -2.14. The summed E-state index contributed by atoms with van der Waals surface area (Å²) in [5.41, 5.74) is 4.19. The Morgan fingerprint density at radius 1 is 1.50 bits per heavy atom. The number of carbonyl (C=O) groups is 2. The van der Waals surface area contributed by atoms with E-state index in [0.29, 0.717) is 12.8 Å². The van der Waals surface area contributed by atoms with E-state index in [2.05, 4.69) is 11.4 Å². The van der Waals surface area contributed by atoms with Gasteiger partial charge in [0.1, 0.15) is 6.29 Å². The second-order valence-electron chi connectivity index (χ2n) is 4.42. The molecule has 1 aromatic rings. The molecule has 0 spiro atoms. The summed E-state index contributed by atoms with van der Waals surface area (Å²) >= 11 is 0. The predicted octanol–water partition coefficient (Wildman–Crippen LogP) is 2.18. The molecular formula is C13H15NO2. The van der Waals surface area contributed by atoms with Gasteiger partial charge >= 0.3 is 0 Å². The third-order valence-corrected chi connectivity index (χ3v) is 2.99. The highest BCUT2D eigenvalue weighted by Crippen LogP contribution is 2.34. The number of amides is 1. The Labute approximate surface area is 94.9 Å². The Hall–Kier alpha value is -1.64. The second-order valence-corrected chi connectivity index (χ2v) is 4.42. The molecule has 0 saturated heterocycles. The van der Waals surface area contributed by atoms with Crippen molar-refractivity contribution in [1.82, 2.24) is 0 Å². The van der Waals surface area contributed by atoms with Crippen LogP contribution in [0.3, 0.4) is 0 Å². The highest BCUT2D eigenvalue weighted by atomic mass is 16.1. The van der Waals surface area contributed by atoms with Gasteiger partial charge in [-0.15, -0.1) is 0 Å². The SMILES string of the molecule is Cc1cc2c(c(C(C)CC=O)c1)NC(=O)C2. The molecule has 3 heteroatoms. The molecule has 16 heavy (non-hydrogen) atoms. The lowest BCUT2D eigenvalue weighted by atomic mass is 9.93. The first-order valence-corrected chi connectivity index (χ1v) is 5.48. The van der Waals surface area contributed by atoms with Gasteiger partial charge in [0.05, 0.1) is 6.42 Å². The van der Waals surface area contributed by atoms with Crippen LogP contribution in [0.4, 0.5) is 5.69 Å². The van der Waals surface area contributed by atoms with Gasteiger partial charge < -0.3 is 10.1 Å². The molecule has 0 aliphatic carbocycles. The van der Waals surface area contributed by atoms with Gasteiger partial charge in [0.2, 0.25) is 5.91 Å². The van der Waals surface area contributed by atoms with Crippen LogP contribution in [0.25, 0.3) is 0 Å². The summed E-state index contributed by atoms with van der Waals surface area (Å²) in [6, 6.07) is 4.09. The Balaban J connectivity index is 2.45. The maximum absolute atomic E-state index is 11.4. The van der Waals surface area contributed by atoms with E-state index in [9.17, 15) is 9.59 Å². The number of aryl methyl sites for hydroxylation is 1. The highest BCUT2D eigenvalue weighted by Gasteiger charge is 2.23. The smallest absolute Gasteiger partial charge is 0.228 e. The number of benzene rings is 1. The quantitative estimate of drug-likeness (QED) is 0.789. The monoisotopic (exact) mass is 217 g/mol. The summed E-state index contributed by atoms with van der Waals surface area (Å²) in [6.45, 7) is 4.02. The van der Waals surface area contributed by atoms with Crippen LogP contribution in [0.1, 0.15) is 36.0 Å². The van der Waals surface area contributed by atoms with E-state index in [1.165, 1.54) is 0 Å². The van der Waals surface area contributed by atoms with Crippen LogP contribution in [0, 0.1) is 6.92 Å². The molecule has 0 fully saturated rings. The third kappa shape index (κ3) is 1.85. The van der Waals surface area contributed by atoms with Gasteiger partial charge in [0.15, 0.2) is 0 Å². The van der Waals surface area contributed by atoms with Crippen LogP contribution in [0.2, 0.25) is 0 Å². The molecular weight excluding hydrogens is 202 g/mol. The highest BCUT2D eigenvalue weighted by molar-refractivity contribution is 6.00. The summed E-state index contributed by atoms with van der Waals surface area (Å²) in [4.78, 5) is 21.9. The Morgan fingerprint density at radius 3 is 2.94 bits per heavy atom. The van der Waals surface area contributed by atoms with E-state index >= 15 is 0 Å². The van der Waals surface area contributed by atoms with Crippen molar-refractivity contribution in [2.45, 2.75) is 32.6 Å². The molecule has 1 aliphatic rings. The topological polar surface area (TPSA) is 46.2 Å². The average Bonchev–Trinajstić information content (AvgIpc) is 2.57. The van der Waals surface area contributed by atoms with Crippen molar-refractivity contribution in [3.05, 3.63) is 28.8 Å². The van der Waals surface area contributed by atoms with Crippen molar-refractivity contribution >= 4 is 17.9 Å². The number of carbonyl (C=O) groups excluding carboxylic acids is 2. The van der Waals surface area contributed by atoms with Gasteiger partial charge in [-0.3, -0.25) is 4.79 Å². The summed E-state index contributed by atoms with van der Waals surface area (Å²) < 4.78 is 0. The zero-order valence-corrected chi connectivity index (χ0v) is 9.54. The van der Waals surface area contributed by atoms with E-state index in [0.717, 1.165) is 28.7 Å². The van der Waals surface area contributed by atoms with Crippen LogP contribution < -0.4 is 5.32 Å². The Kier molecular flexibility index (Phi) is 2.77. The van der Waals surface area contributed by atoms with Crippen molar-refractivity contribution in [2.24, 2.45) is 0 Å². The van der Waals surface area contributed by atoms with Gasteiger partial charge in [-0.2, -0.15) is 0 Å². The first-order valence-electron chi connectivity index (χ1n) is 5.48. The van der Waals surface area contributed by atoms with Gasteiger partial charge in [0.25, 0.3) is 0 Å². The van der Waals surface area contributed by atoms with E-state index in [1.807, 2.05) is 19.9 Å². The normalized spacial score (nSPS) is 15.5. The van der Waals surface area contributed by atoms with Gasteiger partial charge in [-0.05, 0) is 24.0 Å². The van der Waals surface area contributed by atoms with Crippen molar-refractivity contribution in [3.63, 3.8) is 0 Å². The largest absolute Gasteiger partial charge is 0.325 e. The molecule has 1 unspecified atom stereocenters. The molecule has 1 amide bonds. The minimum atomic E-state index is 0.0418. The van der Waals surface area contributed by atoms with Crippen molar-refractivity contribution in [3.8, 4) is 0 Å². The molecule has 0 aromatic heterocycles. The third-order valence-electron chi connectivity index (χ3n) is 2.99. The van der Waals surface area contributed by atoms with Crippen LogP contribution in [0.5, 0.6) is 0 Å². The molecule has 0 radical (unpaired) electrons. The van der Waals surface area contributed by atoms with Crippen molar-refractivity contribution < 1.29 is 9.59 Å². The van der Waals surface area contributed by atoms with Crippen molar-refractivity contribution in [1.29, 1.82) is 0 Å². The Bertz CT molecular complexity index is 451. The number of fused-ring (bicyclic) bond motifs is 1. The van der Waals surface area contributed by atoms with Gasteiger partial charge in [-0.1, -0.05) is 24.6 Å². The standard InChI is InChI=1S/C13H15NO2/c1-8-5-10-7-12(16)14-13(10)11(6-8)9(2)3-4-15/h4-6,9H,3,7H2,1-2H3,(H,14,16). The van der Waals surface area contributed by atoms with E-state index in [-0.39, 0.29) is 11.8 Å². The predicted molar refractivity (Wildman–Crippen MR) is 62.6 cm³/mol. The molecule has 3 nitrogen and oxygen atoms in total. The summed E-state index contributed by atoms with van der Waals surface area (Å²) in [5, 5.41) is 2.88. The van der Waals surface area contributed by atoms with Crippen molar-refractivity contribution in [2.75, 3.05) is 5.32 Å². The molecule has 2 rings (SSSR count). The number of nitrogens with one attached hydrogen (secondary N) is 1. The minimum absolute atomic E-state index is 0.0418. The maximum Gasteiger partial charge on any atom is 0.228 e. The number of aldehydes is 1. The molecule has 1 heterocycles. The average molecular weight is 217 g/mol. The number of hydrogen-bond donors (Lipinski definition) is 1. The zero-order chi connectivity index (χ0) is 11.7. The number of anilines is 1. The van der Waals surface area contributed by atoms with Crippen LogP contribution in [-0.4, -0.2) is 12.2 Å². The molecule has 1 aromatic carbocycles. The van der Waals surface area contributed by atoms with E-state index in [1.54, 1.807) is 0 Å². The minimum Gasteiger partial charge on any atom is -0.325 e. The fourth-order valence-electron chi connectivity index (χ4n) is 2.20. The molecule has 1 aliphatic heterocycles. The fraction of sp³-hybridized carbons (Fsp3) is 0.385. The van der Waals surface area contributed by atoms with Gasteiger partial charge in [0, 0.05) is 12.1 Å². The molecule has 1 N–H and O–H groups in total. The van der Waals surface area contributed by atoms with Crippen LogP contribution in [0.15, 0.2) is 12.1 Å². The van der Waals surface area contributed by atoms with Gasteiger partial charge in [-0.25, -0.2) is 0 Å². The molecule has 0 saturated carbocycles. The number of rotatable bonds is 3. The second kappa shape index (κ2) is 4.08. The van der Waals surface area contributed by atoms with Crippen LogP contribution >= 0.6 is 0 Å². The van der Waals surface area contributed by atoms with E-state index < -0.39 is 0 Å². The zero-order valence-electron chi connectivity index (χ0n) is 9.54. The Morgan fingerprint density at radius 2 is 2.25 bits per heavy atom. The maximum atomic E-state index is 11.4. The summed E-state index contributed by atoms with van der Waals surface area (Å²) in [6.07, 6.45) is 1.87. The first-order chi connectivity index (χ1) is 7.61. The number of hydrogen-bond acceptors (Lipinski definition) is 2. The summed E-state index contributed by atoms with van der Waals surface area (Å²) in [7, 11) is 0. The molecule has 84 valence electrons. The lowest BCUT2D eigenvalue weighted by Crippen LogP contribution is -2.06. The van der Waals surface area contributed by atoms with Crippen LogP contribution in [-0.2, 0) is 16.0 Å². The van der Waals surface area contributed by atoms with E-state index in [4.69, 9.17) is 0 Å². The lowest BCUT2D eigenvalue weighted by molar-refractivity contribution is -0.115. The molecule has 1 atom stereocenters. The molecule has 0 bridgehead atoms.